The number of nitrogens with zero attached hydrogens (tertiary/aromatic N) is 4. The fourth-order valence-electron chi connectivity index (χ4n) is 2.81. The number of ether oxygens (including phenoxy) is 1. The Labute approximate surface area is 138 Å². The van der Waals surface area contributed by atoms with Gasteiger partial charge < -0.3 is 10.1 Å². The highest BCUT2D eigenvalue weighted by atomic mass is 32.2. The van der Waals surface area contributed by atoms with Crippen LogP contribution in [0.2, 0.25) is 0 Å². The van der Waals surface area contributed by atoms with Crippen LogP contribution in [-0.2, 0) is 21.4 Å². The summed E-state index contributed by atoms with van der Waals surface area (Å²) in [6.07, 6.45) is 3.54. The van der Waals surface area contributed by atoms with Crippen molar-refractivity contribution in [2.75, 3.05) is 22.8 Å². The predicted octanol–water partition coefficient (Wildman–Crippen LogP) is 0.516. The lowest BCUT2D eigenvalue weighted by Crippen LogP contribution is -2.43. The van der Waals surface area contributed by atoms with Gasteiger partial charge in [0.2, 0.25) is 11.8 Å². The maximum atomic E-state index is 13.1. The van der Waals surface area contributed by atoms with E-state index in [4.69, 9.17) is 4.74 Å². The molecule has 126 valence electrons. The number of anilines is 2. The molecule has 0 aliphatic carbocycles. The molecule has 0 radical (unpaired) electrons. The fraction of sp³-hybridized carbons (Fsp3) is 0.357. The van der Waals surface area contributed by atoms with E-state index >= 15 is 0 Å². The van der Waals surface area contributed by atoms with E-state index in [0.29, 0.717) is 18.8 Å². The number of sulfonamides is 1. The highest BCUT2D eigenvalue weighted by molar-refractivity contribution is 7.93. The standard InChI is InChI=1S/C14H15N5O4S/c1-9-3-4-15-13-12(9)17-11(20)8-19(13)24(21,22)10-7-16-18-5-2-6-23-14(10)18/h3-4,7H,2,5-6,8H2,1H3,(H,17,20). The van der Waals surface area contributed by atoms with Crippen LogP contribution in [0.5, 0.6) is 5.88 Å². The average molecular weight is 349 g/mol. The van der Waals surface area contributed by atoms with Crippen LogP contribution >= 0.6 is 0 Å². The third-order valence-corrected chi connectivity index (χ3v) is 5.73. The first kappa shape index (κ1) is 14.9. The summed E-state index contributed by atoms with van der Waals surface area (Å²) in [5.41, 5.74) is 1.14. The van der Waals surface area contributed by atoms with Gasteiger partial charge in [0.15, 0.2) is 10.7 Å². The summed E-state index contributed by atoms with van der Waals surface area (Å²) in [7, 11) is -4.02. The molecule has 2 aromatic rings. The van der Waals surface area contributed by atoms with Crippen LogP contribution in [-0.4, -0.2) is 42.2 Å². The molecular weight excluding hydrogens is 334 g/mol. The second-order valence-electron chi connectivity index (χ2n) is 5.63. The smallest absolute Gasteiger partial charge is 0.273 e. The normalized spacial score (nSPS) is 16.9. The van der Waals surface area contributed by atoms with Crippen molar-refractivity contribution in [3.8, 4) is 5.88 Å². The zero-order valence-corrected chi connectivity index (χ0v) is 13.7. The van der Waals surface area contributed by atoms with E-state index in [1.807, 2.05) is 0 Å². The van der Waals surface area contributed by atoms with E-state index in [0.717, 1.165) is 16.3 Å². The van der Waals surface area contributed by atoms with Crippen LogP contribution in [0.15, 0.2) is 23.4 Å². The fourth-order valence-corrected chi connectivity index (χ4v) is 4.27. The van der Waals surface area contributed by atoms with Gasteiger partial charge in [0.1, 0.15) is 6.54 Å². The number of aryl methyl sites for hydroxylation is 2. The number of aromatic nitrogens is 3. The Morgan fingerprint density at radius 3 is 3.04 bits per heavy atom. The van der Waals surface area contributed by atoms with Gasteiger partial charge in [0, 0.05) is 19.2 Å². The van der Waals surface area contributed by atoms with Gasteiger partial charge in [-0.05, 0) is 18.6 Å². The minimum atomic E-state index is -4.02. The molecule has 0 bridgehead atoms. The molecule has 9 nitrogen and oxygen atoms in total. The van der Waals surface area contributed by atoms with E-state index in [1.165, 1.54) is 17.1 Å². The van der Waals surface area contributed by atoms with Gasteiger partial charge in [0.05, 0.1) is 18.5 Å². The zero-order valence-electron chi connectivity index (χ0n) is 12.9. The van der Waals surface area contributed by atoms with Gasteiger partial charge in [0.25, 0.3) is 10.0 Å². The van der Waals surface area contributed by atoms with Gasteiger partial charge in [-0.3, -0.25) is 4.79 Å². The molecule has 1 N–H and O–H groups in total. The molecular formula is C14H15N5O4S. The molecule has 2 aromatic heterocycles. The molecule has 4 rings (SSSR count). The average Bonchev–Trinajstić information content (AvgIpc) is 3.00. The summed E-state index contributed by atoms with van der Waals surface area (Å²) in [4.78, 5) is 16.1. The molecule has 10 heteroatoms. The predicted molar refractivity (Wildman–Crippen MR) is 84.5 cm³/mol. The number of hydrogen-bond donors (Lipinski definition) is 1. The van der Waals surface area contributed by atoms with Crippen molar-refractivity contribution < 1.29 is 17.9 Å². The van der Waals surface area contributed by atoms with E-state index in [1.54, 1.807) is 13.0 Å². The Balaban J connectivity index is 1.85. The second-order valence-corrected chi connectivity index (χ2v) is 7.46. The van der Waals surface area contributed by atoms with Crippen LogP contribution in [0.25, 0.3) is 0 Å². The number of amides is 1. The van der Waals surface area contributed by atoms with E-state index < -0.39 is 15.9 Å². The minimum Gasteiger partial charge on any atom is -0.477 e. The van der Waals surface area contributed by atoms with Crippen LogP contribution in [0.3, 0.4) is 0 Å². The summed E-state index contributed by atoms with van der Waals surface area (Å²) in [6, 6.07) is 1.71. The number of rotatable bonds is 2. The third-order valence-electron chi connectivity index (χ3n) is 4.01. The van der Waals surface area contributed by atoms with Crippen molar-refractivity contribution in [2.24, 2.45) is 0 Å². The monoisotopic (exact) mass is 349 g/mol. The lowest BCUT2D eigenvalue weighted by molar-refractivity contribution is -0.115. The number of fused-ring (bicyclic) bond motifs is 2. The summed E-state index contributed by atoms with van der Waals surface area (Å²) in [5.74, 6) is -0.00377. The van der Waals surface area contributed by atoms with Crippen molar-refractivity contribution in [3.05, 3.63) is 24.0 Å². The number of pyridine rings is 1. The number of carbonyl (C=O) groups is 1. The molecule has 2 aliphatic heterocycles. The van der Waals surface area contributed by atoms with Crippen LogP contribution in [0.4, 0.5) is 11.5 Å². The Kier molecular flexibility index (Phi) is 3.23. The maximum Gasteiger partial charge on any atom is 0.273 e. The van der Waals surface area contributed by atoms with Gasteiger partial charge in [-0.2, -0.15) is 5.10 Å². The molecule has 1 amide bonds. The van der Waals surface area contributed by atoms with E-state index in [-0.39, 0.29) is 23.1 Å². The molecule has 0 spiro atoms. The molecule has 4 heterocycles. The van der Waals surface area contributed by atoms with Gasteiger partial charge in [-0.25, -0.2) is 22.4 Å². The number of hydrogen-bond acceptors (Lipinski definition) is 6. The zero-order chi connectivity index (χ0) is 16.9. The molecule has 2 aliphatic rings. The SMILES string of the molecule is Cc1ccnc2c1NC(=O)CN2S(=O)(=O)c1cnn2c1OCCC2. The molecule has 0 aromatic carbocycles. The topological polar surface area (TPSA) is 106 Å². The van der Waals surface area contributed by atoms with Crippen LogP contribution in [0.1, 0.15) is 12.0 Å². The molecule has 0 saturated heterocycles. The Hall–Kier alpha value is -2.62. The van der Waals surface area contributed by atoms with Crippen molar-refractivity contribution >= 4 is 27.4 Å². The molecule has 0 fully saturated rings. The molecule has 0 saturated carbocycles. The van der Waals surface area contributed by atoms with Gasteiger partial charge >= 0.3 is 0 Å². The summed E-state index contributed by atoms with van der Waals surface area (Å²) in [6.45, 7) is 2.47. The highest BCUT2D eigenvalue weighted by Crippen LogP contribution is 2.36. The van der Waals surface area contributed by atoms with Crippen molar-refractivity contribution in [2.45, 2.75) is 24.8 Å². The first-order chi connectivity index (χ1) is 11.5. The highest BCUT2D eigenvalue weighted by Gasteiger charge is 2.38. The quantitative estimate of drug-likeness (QED) is 0.847. The Morgan fingerprint density at radius 1 is 1.38 bits per heavy atom. The largest absolute Gasteiger partial charge is 0.477 e. The van der Waals surface area contributed by atoms with Gasteiger partial charge in [-0.15, -0.1) is 0 Å². The minimum absolute atomic E-state index is 0.0499. The number of nitrogens with one attached hydrogen (secondary N) is 1. The Morgan fingerprint density at radius 2 is 2.21 bits per heavy atom. The van der Waals surface area contributed by atoms with Crippen molar-refractivity contribution in [1.82, 2.24) is 14.8 Å². The molecule has 0 unspecified atom stereocenters. The lowest BCUT2D eigenvalue weighted by atomic mass is 10.2. The third kappa shape index (κ3) is 2.13. The molecule has 0 atom stereocenters. The summed E-state index contributed by atoms with van der Waals surface area (Å²) < 4.78 is 34.2. The summed E-state index contributed by atoms with van der Waals surface area (Å²) >= 11 is 0. The van der Waals surface area contributed by atoms with Crippen LogP contribution in [0, 0.1) is 6.92 Å². The second kappa shape index (κ2) is 5.20. The maximum absolute atomic E-state index is 13.1. The number of carbonyl (C=O) groups excluding carboxylic acids is 1. The molecule has 24 heavy (non-hydrogen) atoms. The lowest BCUT2D eigenvalue weighted by Gasteiger charge is -2.29. The first-order valence-electron chi connectivity index (χ1n) is 7.45. The van der Waals surface area contributed by atoms with Gasteiger partial charge in [-0.1, -0.05) is 0 Å². The first-order valence-corrected chi connectivity index (χ1v) is 8.89. The van der Waals surface area contributed by atoms with E-state index in [2.05, 4.69) is 15.4 Å². The van der Waals surface area contributed by atoms with Crippen molar-refractivity contribution in [1.29, 1.82) is 0 Å². The van der Waals surface area contributed by atoms with Crippen LogP contribution < -0.4 is 14.4 Å². The van der Waals surface area contributed by atoms with E-state index in [9.17, 15) is 13.2 Å². The summed E-state index contributed by atoms with van der Waals surface area (Å²) in [5, 5.41) is 6.75. The van der Waals surface area contributed by atoms with Crippen molar-refractivity contribution in [3.63, 3.8) is 0 Å². The Bertz CT molecular complexity index is 937.